The molecule has 0 aromatic heterocycles. The minimum atomic E-state index is -0.888. The van der Waals surface area contributed by atoms with Gasteiger partial charge in [-0.15, -0.1) is 11.8 Å². The highest BCUT2D eigenvalue weighted by atomic mass is 32.2. The molecule has 0 aliphatic rings. The minimum Gasteiger partial charge on any atom is -0.397 e. The Balaban J connectivity index is 1.98. The van der Waals surface area contributed by atoms with Crippen LogP contribution in [-0.4, -0.2) is 11.7 Å². The molecule has 2 aromatic rings. The van der Waals surface area contributed by atoms with E-state index in [1.165, 1.54) is 11.8 Å². The fraction of sp³-hybridized carbons (Fsp3) is 0.0714. The topological polar surface area (TPSA) is 55.1 Å². The van der Waals surface area contributed by atoms with Gasteiger partial charge >= 0.3 is 0 Å². The number of nitrogens with two attached hydrogens (primary N) is 1. The van der Waals surface area contributed by atoms with Crippen molar-refractivity contribution in [3.63, 3.8) is 0 Å². The Hall–Kier alpha value is -2.08. The number of anilines is 2. The molecule has 0 radical (unpaired) electrons. The van der Waals surface area contributed by atoms with Gasteiger partial charge in [0.25, 0.3) is 0 Å². The summed E-state index contributed by atoms with van der Waals surface area (Å²) in [6, 6.07) is 11.0. The van der Waals surface area contributed by atoms with Crippen molar-refractivity contribution in [2.75, 3.05) is 16.8 Å². The zero-order valence-electron chi connectivity index (χ0n) is 10.4. The van der Waals surface area contributed by atoms with Gasteiger partial charge in [-0.1, -0.05) is 18.2 Å². The number of thioether (sulfide) groups is 1. The molecule has 0 atom stereocenters. The Morgan fingerprint density at radius 3 is 2.55 bits per heavy atom. The molecule has 0 saturated heterocycles. The Labute approximate surface area is 119 Å². The summed E-state index contributed by atoms with van der Waals surface area (Å²) in [6.45, 7) is 0. The lowest BCUT2D eigenvalue weighted by atomic mass is 10.2. The number of rotatable bonds is 4. The zero-order chi connectivity index (χ0) is 14.5. The summed E-state index contributed by atoms with van der Waals surface area (Å²) < 4.78 is 26.4. The first-order chi connectivity index (χ1) is 9.56. The lowest BCUT2D eigenvalue weighted by Gasteiger charge is -2.09. The maximum atomic E-state index is 13.5. The summed E-state index contributed by atoms with van der Waals surface area (Å²) in [4.78, 5) is 12.7. The van der Waals surface area contributed by atoms with Crippen LogP contribution in [0.4, 0.5) is 20.2 Å². The lowest BCUT2D eigenvalue weighted by Crippen LogP contribution is -2.16. The molecule has 2 rings (SSSR count). The lowest BCUT2D eigenvalue weighted by molar-refractivity contribution is -0.113. The van der Waals surface area contributed by atoms with Gasteiger partial charge in [0.2, 0.25) is 5.91 Å². The van der Waals surface area contributed by atoms with Crippen molar-refractivity contribution < 1.29 is 13.6 Å². The van der Waals surface area contributed by atoms with Crippen molar-refractivity contribution in [1.82, 2.24) is 0 Å². The highest BCUT2D eigenvalue weighted by Crippen LogP contribution is 2.24. The third-order valence-corrected chi connectivity index (χ3v) is 3.48. The number of halogens is 2. The van der Waals surface area contributed by atoms with Crippen molar-refractivity contribution in [1.29, 1.82) is 0 Å². The monoisotopic (exact) mass is 294 g/mol. The molecule has 0 fully saturated rings. The van der Waals surface area contributed by atoms with Gasteiger partial charge in [-0.05, 0) is 18.2 Å². The van der Waals surface area contributed by atoms with Crippen LogP contribution in [0.2, 0.25) is 0 Å². The van der Waals surface area contributed by atoms with Crippen LogP contribution in [0.1, 0.15) is 0 Å². The Bertz CT molecular complexity index is 597. The Kier molecular flexibility index (Phi) is 4.57. The van der Waals surface area contributed by atoms with Crippen LogP contribution in [0.25, 0.3) is 0 Å². The van der Waals surface area contributed by atoms with Crippen LogP contribution in [0.15, 0.2) is 47.4 Å². The van der Waals surface area contributed by atoms with Crippen molar-refractivity contribution in [2.45, 2.75) is 4.90 Å². The fourth-order valence-corrected chi connectivity index (χ4v) is 2.29. The summed E-state index contributed by atoms with van der Waals surface area (Å²) >= 11 is 1.31. The van der Waals surface area contributed by atoms with Crippen LogP contribution in [0, 0.1) is 11.6 Å². The van der Waals surface area contributed by atoms with Crippen LogP contribution < -0.4 is 11.1 Å². The van der Waals surface area contributed by atoms with E-state index in [1.54, 1.807) is 0 Å². The maximum Gasteiger partial charge on any atom is 0.234 e. The van der Waals surface area contributed by atoms with Gasteiger partial charge in [-0.3, -0.25) is 4.79 Å². The van der Waals surface area contributed by atoms with E-state index >= 15 is 0 Å². The molecular formula is C14H12F2N2OS. The quantitative estimate of drug-likeness (QED) is 0.672. The molecule has 0 aliphatic heterocycles. The van der Waals surface area contributed by atoms with Crippen LogP contribution in [-0.2, 0) is 4.79 Å². The van der Waals surface area contributed by atoms with E-state index in [4.69, 9.17) is 5.73 Å². The number of nitrogens with one attached hydrogen (secondary N) is 1. The molecule has 0 unspecified atom stereocenters. The average Bonchev–Trinajstić information content (AvgIpc) is 2.42. The summed E-state index contributed by atoms with van der Waals surface area (Å²) in [5.41, 5.74) is 5.15. The van der Waals surface area contributed by atoms with Gasteiger partial charge in [0.1, 0.15) is 11.5 Å². The zero-order valence-corrected chi connectivity index (χ0v) is 11.2. The molecule has 104 valence electrons. The normalized spacial score (nSPS) is 10.3. The van der Waals surface area contributed by atoms with E-state index in [0.29, 0.717) is 6.07 Å². The predicted octanol–water partition coefficient (Wildman–Crippen LogP) is 3.28. The van der Waals surface area contributed by atoms with E-state index in [0.717, 1.165) is 11.0 Å². The second-order valence-corrected chi connectivity index (χ2v) is 5.05. The van der Waals surface area contributed by atoms with Crippen molar-refractivity contribution in [3.05, 3.63) is 54.1 Å². The predicted molar refractivity (Wildman–Crippen MR) is 76.6 cm³/mol. The van der Waals surface area contributed by atoms with Crippen molar-refractivity contribution in [2.24, 2.45) is 0 Å². The largest absolute Gasteiger partial charge is 0.397 e. The molecule has 0 spiro atoms. The second-order valence-electron chi connectivity index (χ2n) is 4.00. The van der Waals surface area contributed by atoms with Gasteiger partial charge in [0, 0.05) is 11.0 Å². The number of hydrogen-bond acceptors (Lipinski definition) is 3. The van der Waals surface area contributed by atoms with Crippen molar-refractivity contribution >= 4 is 29.0 Å². The van der Waals surface area contributed by atoms with E-state index in [1.807, 2.05) is 30.3 Å². The van der Waals surface area contributed by atoms with Crippen LogP contribution in [0.3, 0.4) is 0 Å². The maximum absolute atomic E-state index is 13.5. The summed E-state index contributed by atoms with van der Waals surface area (Å²) in [7, 11) is 0. The summed E-state index contributed by atoms with van der Waals surface area (Å²) in [6.07, 6.45) is 0. The van der Waals surface area contributed by atoms with Crippen LogP contribution >= 0.6 is 11.8 Å². The van der Waals surface area contributed by atoms with E-state index < -0.39 is 17.5 Å². The van der Waals surface area contributed by atoms with Gasteiger partial charge in [-0.25, -0.2) is 8.78 Å². The molecule has 0 heterocycles. The molecule has 0 aliphatic carbocycles. The average molecular weight is 294 g/mol. The molecule has 3 nitrogen and oxygen atoms in total. The number of nitrogen functional groups attached to an aromatic ring is 1. The minimum absolute atomic E-state index is 0.111. The first-order valence-corrected chi connectivity index (χ1v) is 6.77. The standard InChI is InChI=1S/C14H12F2N2OS/c15-9-6-11(16)14(12(17)7-9)18-13(19)8-20-10-4-2-1-3-5-10/h1-7H,8,17H2,(H,18,19). The number of benzene rings is 2. The number of carbonyl (C=O) groups is 1. The summed E-state index contributed by atoms with van der Waals surface area (Å²) in [5.74, 6) is -1.96. The first-order valence-electron chi connectivity index (χ1n) is 5.78. The van der Waals surface area contributed by atoms with Gasteiger partial charge in [0.05, 0.1) is 11.4 Å². The summed E-state index contributed by atoms with van der Waals surface area (Å²) in [5, 5.41) is 2.35. The van der Waals surface area contributed by atoms with Gasteiger partial charge in [0.15, 0.2) is 5.82 Å². The highest BCUT2D eigenvalue weighted by molar-refractivity contribution is 8.00. The molecular weight excluding hydrogens is 282 g/mol. The van der Waals surface area contributed by atoms with Crippen LogP contribution in [0.5, 0.6) is 0 Å². The number of carbonyl (C=O) groups excluding carboxylic acids is 1. The van der Waals surface area contributed by atoms with Gasteiger partial charge in [-0.2, -0.15) is 0 Å². The molecule has 2 aromatic carbocycles. The second kappa shape index (κ2) is 6.38. The molecule has 1 amide bonds. The smallest absolute Gasteiger partial charge is 0.234 e. The number of hydrogen-bond donors (Lipinski definition) is 2. The Morgan fingerprint density at radius 1 is 1.20 bits per heavy atom. The first kappa shape index (κ1) is 14.3. The molecule has 0 saturated carbocycles. The highest BCUT2D eigenvalue weighted by Gasteiger charge is 2.12. The third-order valence-electron chi connectivity index (χ3n) is 2.46. The van der Waals surface area contributed by atoms with Crippen molar-refractivity contribution in [3.8, 4) is 0 Å². The molecule has 6 heteroatoms. The van der Waals surface area contributed by atoms with Gasteiger partial charge < -0.3 is 11.1 Å². The third kappa shape index (κ3) is 3.71. The molecule has 3 N–H and O–H groups in total. The number of amides is 1. The molecule has 0 bridgehead atoms. The Morgan fingerprint density at radius 2 is 1.90 bits per heavy atom. The SMILES string of the molecule is Nc1cc(F)cc(F)c1NC(=O)CSc1ccccc1. The fourth-order valence-electron chi connectivity index (χ4n) is 1.57. The van der Waals surface area contributed by atoms with E-state index in [2.05, 4.69) is 5.32 Å². The van der Waals surface area contributed by atoms with E-state index in [-0.39, 0.29) is 17.1 Å². The molecule has 20 heavy (non-hydrogen) atoms. The van der Waals surface area contributed by atoms with E-state index in [9.17, 15) is 13.6 Å².